The fraction of sp³-hybridized carbons (Fsp3) is 0.450. The number of ether oxygens (including phenoxy) is 1. The third kappa shape index (κ3) is 3.95. The smallest absolute Gasteiger partial charge is 0.328 e. The van der Waals surface area contributed by atoms with Gasteiger partial charge in [0.2, 0.25) is 0 Å². The molecule has 2 heterocycles. The average molecular weight is 386 g/mol. The summed E-state index contributed by atoms with van der Waals surface area (Å²) in [6.07, 6.45) is 1.73. The molecule has 0 aliphatic carbocycles. The molecule has 8 heteroatoms. The summed E-state index contributed by atoms with van der Waals surface area (Å²) in [5, 5.41) is 3.63. The molecule has 28 heavy (non-hydrogen) atoms. The quantitative estimate of drug-likeness (QED) is 0.784. The number of carbonyl (C=O) groups excluding carboxylic acids is 3. The molecule has 1 aliphatic heterocycles. The first kappa shape index (κ1) is 19.7. The van der Waals surface area contributed by atoms with E-state index in [0.717, 1.165) is 10.9 Å². The molecule has 1 aromatic heterocycles. The predicted molar refractivity (Wildman–Crippen MR) is 105 cm³/mol. The number of amides is 3. The molecule has 1 aliphatic rings. The van der Waals surface area contributed by atoms with Gasteiger partial charge in [0.05, 0.1) is 12.7 Å². The molecule has 1 saturated heterocycles. The standard InChI is InChI=1S/C20H26N4O4/c1-13(2)17(19(26)28-3)22-20(27)24-10-8-23(9-11-24)18(25)15-12-21-16-7-5-4-6-14(15)16/h4-7,12-13,17,21H,8-11H2,1-3H3,(H,22,27)/t17-/m0/s1. The number of piperazine rings is 1. The molecule has 1 aromatic carbocycles. The first-order chi connectivity index (χ1) is 13.4. The number of carbonyl (C=O) groups is 3. The predicted octanol–water partition coefficient (Wildman–Crippen LogP) is 1.83. The molecule has 0 bridgehead atoms. The van der Waals surface area contributed by atoms with Gasteiger partial charge in [0.25, 0.3) is 5.91 Å². The molecule has 0 spiro atoms. The van der Waals surface area contributed by atoms with Crippen LogP contribution >= 0.6 is 0 Å². The SMILES string of the molecule is COC(=O)[C@@H](NC(=O)N1CCN(C(=O)c2c[nH]c3ccccc23)CC1)C(C)C. The average Bonchev–Trinajstić information content (AvgIpc) is 3.14. The van der Waals surface area contributed by atoms with E-state index in [0.29, 0.717) is 31.7 Å². The molecule has 150 valence electrons. The van der Waals surface area contributed by atoms with Crippen LogP contribution in [0, 0.1) is 5.92 Å². The number of nitrogens with one attached hydrogen (secondary N) is 2. The maximum atomic E-state index is 12.9. The van der Waals surface area contributed by atoms with Crippen LogP contribution in [0.5, 0.6) is 0 Å². The molecule has 3 rings (SSSR count). The third-order valence-corrected chi connectivity index (χ3v) is 5.07. The van der Waals surface area contributed by atoms with E-state index in [4.69, 9.17) is 4.74 Å². The molecule has 1 fully saturated rings. The fourth-order valence-electron chi connectivity index (χ4n) is 3.38. The molecule has 1 atom stereocenters. The van der Waals surface area contributed by atoms with Gasteiger partial charge in [0, 0.05) is 43.3 Å². The monoisotopic (exact) mass is 386 g/mol. The van der Waals surface area contributed by atoms with E-state index < -0.39 is 12.0 Å². The van der Waals surface area contributed by atoms with E-state index in [9.17, 15) is 14.4 Å². The summed E-state index contributed by atoms with van der Waals surface area (Å²) in [6.45, 7) is 5.39. The number of methoxy groups -OCH3 is 1. The molecule has 0 saturated carbocycles. The Labute approximate surface area is 163 Å². The Morgan fingerprint density at radius 1 is 1.07 bits per heavy atom. The summed E-state index contributed by atoms with van der Waals surface area (Å²) in [7, 11) is 1.30. The lowest BCUT2D eigenvalue weighted by molar-refractivity contribution is -0.144. The van der Waals surface area contributed by atoms with Crippen molar-refractivity contribution in [3.05, 3.63) is 36.0 Å². The zero-order valence-corrected chi connectivity index (χ0v) is 16.4. The van der Waals surface area contributed by atoms with Gasteiger partial charge in [-0.25, -0.2) is 9.59 Å². The summed E-state index contributed by atoms with van der Waals surface area (Å²) >= 11 is 0. The van der Waals surface area contributed by atoms with Gasteiger partial charge in [0.1, 0.15) is 6.04 Å². The van der Waals surface area contributed by atoms with Crippen LogP contribution in [-0.2, 0) is 9.53 Å². The Balaban J connectivity index is 1.60. The number of nitrogens with zero attached hydrogens (tertiary/aromatic N) is 2. The highest BCUT2D eigenvalue weighted by atomic mass is 16.5. The van der Waals surface area contributed by atoms with Gasteiger partial charge in [-0.1, -0.05) is 32.0 Å². The lowest BCUT2D eigenvalue weighted by Crippen LogP contribution is -2.56. The van der Waals surface area contributed by atoms with Gasteiger partial charge in [0.15, 0.2) is 0 Å². The van der Waals surface area contributed by atoms with Crippen molar-refractivity contribution >= 4 is 28.8 Å². The molecule has 2 aromatic rings. The Bertz CT molecular complexity index is 868. The van der Waals surface area contributed by atoms with Crippen molar-refractivity contribution in [2.24, 2.45) is 5.92 Å². The van der Waals surface area contributed by atoms with Gasteiger partial charge in [-0.2, -0.15) is 0 Å². The lowest BCUT2D eigenvalue weighted by Gasteiger charge is -2.35. The Morgan fingerprint density at radius 3 is 2.36 bits per heavy atom. The van der Waals surface area contributed by atoms with Crippen molar-refractivity contribution in [1.29, 1.82) is 0 Å². The van der Waals surface area contributed by atoms with Gasteiger partial charge >= 0.3 is 12.0 Å². The number of urea groups is 1. The van der Waals surface area contributed by atoms with Crippen LogP contribution in [0.2, 0.25) is 0 Å². The zero-order chi connectivity index (χ0) is 20.3. The number of hydrogen-bond acceptors (Lipinski definition) is 4. The summed E-state index contributed by atoms with van der Waals surface area (Å²) in [5.41, 5.74) is 1.56. The van der Waals surface area contributed by atoms with Gasteiger partial charge < -0.3 is 24.8 Å². The highest BCUT2D eigenvalue weighted by Crippen LogP contribution is 2.20. The van der Waals surface area contributed by atoms with E-state index >= 15 is 0 Å². The van der Waals surface area contributed by atoms with Crippen LogP contribution in [0.25, 0.3) is 10.9 Å². The van der Waals surface area contributed by atoms with E-state index in [2.05, 4.69) is 10.3 Å². The Hall–Kier alpha value is -3.03. The first-order valence-corrected chi connectivity index (χ1v) is 9.41. The van der Waals surface area contributed by atoms with Crippen LogP contribution in [0.1, 0.15) is 24.2 Å². The molecule has 2 N–H and O–H groups in total. The minimum Gasteiger partial charge on any atom is -0.467 e. The van der Waals surface area contributed by atoms with Crippen molar-refractivity contribution in [3.63, 3.8) is 0 Å². The van der Waals surface area contributed by atoms with Crippen molar-refractivity contribution in [3.8, 4) is 0 Å². The van der Waals surface area contributed by atoms with Gasteiger partial charge in [-0.3, -0.25) is 4.79 Å². The molecular formula is C20H26N4O4. The summed E-state index contributed by atoms with van der Waals surface area (Å²) in [6, 6.07) is 6.67. The van der Waals surface area contributed by atoms with Crippen LogP contribution in [0.4, 0.5) is 4.79 Å². The second-order valence-corrected chi connectivity index (χ2v) is 7.22. The third-order valence-electron chi connectivity index (χ3n) is 5.07. The second kappa shape index (κ2) is 8.33. The summed E-state index contributed by atoms with van der Waals surface area (Å²) < 4.78 is 4.76. The number of fused-ring (bicyclic) bond motifs is 1. The number of rotatable bonds is 4. The fourth-order valence-corrected chi connectivity index (χ4v) is 3.38. The minimum absolute atomic E-state index is 0.0490. The summed E-state index contributed by atoms with van der Waals surface area (Å²) in [4.78, 5) is 43.7. The van der Waals surface area contributed by atoms with Crippen molar-refractivity contribution in [2.75, 3.05) is 33.3 Å². The number of aromatic nitrogens is 1. The number of esters is 1. The molecule has 0 unspecified atom stereocenters. The van der Waals surface area contributed by atoms with E-state index in [-0.39, 0.29) is 17.9 Å². The minimum atomic E-state index is -0.691. The van der Waals surface area contributed by atoms with Crippen LogP contribution in [0.3, 0.4) is 0 Å². The molecular weight excluding hydrogens is 360 g/mol. The van der Waals surface area contributed by atoms with E-state index in [1.54, 1.807) is 16.0 Å². The topological polar surface area (TPSA) is 94.7 Å². The zero-order valence-electron chi connectivity index (χ0n) is 16.4. The first-order valence-electron chi connectivity index (χ1n) is 9.41. The van der Waals surface area contributed by atoms with E-state index in [1.807, 2.05) is 38.1 Å². The van der Waals surface area contributed by atoms with Gasteiger partial charge in [-0.15, -0.1) is 0 Å². The second-order valence-electron chi connectivity index (χ2n) is 7.22. The molecule has 3 amide bonds. The van der Waals surface area contributed by atoms with Crippen molar-refractivity contribution in [1.82, 2.24) is 20.1 Å². The molecule has 0 radical (unpaired) electrons. The van der Waals surface area contributed by atoms with Crippen molar-refractivity contribution in [2.45, 2.75) is 19.9 Å². The number of benzene rings is 1. The Kier molecular flexibility index (Phi) is 5.87. The number of H-pyrrole nitrogens is 1. The van der Waals surface area contributed by atoms with Crippen LogP contribution in [-0.4, -0.2) is 72.0 Å². The Morgan fingerprint density at radius 2 is 1.71 bits per heavy atom. The summed E-state index contributed by atoms with van der Waals surface area (Å²) in [5.74, 6) is -0.593. The highest BCUT2D eigenvalue weighted by Gasteiger charge is 2.30. The largest absolute Gasteiger partial charge is 0.467 e. The maximum Gasteiger partial charge on any atom is 0.328 e. The molecule has 8 nitrogen and oxygen atoms in total. The maximum absolute atomic E-state index is 12.9. The highest BCUT2D eigenvalue weighted by molar-refractivity contribution is 6.06. The van der Waals surface area contributed by atoms with Gasteiger partial charge in [-0.05, 0) is 12.0 Å². The number of aromatic amines is 1. The van der Waals surface area contributed by atoms with Crippen molar-refractivity contribution < 1.29 is 19.1 Å². The van der Waals surface area contributed by atoms with Crippen LogP contribution in [0.15, 0.2) is 30.5 Å². The number of para-hydroxylation sites is 1. The van der Waals surface area contributed by atoms with Crippen LogP contribution < -0.4 is 5.32 Å². The lowest BCUT2D eigenvalue weighted by atomic mass is 10.1. The van der Waals surface area contributed by atoms with E-state index in [1.165, 1.54) is 7.11 Å². The normalized spacial score (nSPS) is 15.6. The number of hydrogen-bond donors (Lipinski definition) is 2.